The van der Waals surface area contributed by atoms with Gasteiger partial charge >= 0.3 is 0 Å². The molecule has 1 aromatic carbocycles. The summed E-state index contributed by atoms with van der Waals surface area (Å²) >= 11 is 0. The van der Waals surface area contributed by atoms with E-state index in [0.29, 0.717) is 11.3 Å². The quantitative estimate of drug-likeness (QED) is 0.677. The van der Waals surface area contributed by atoms with Gasteiger partial charge < -0.3 is 5.32 Å². The molecule has 1 aliphatic heterocycles. The molecule has 0 unspecified atom stereocenters. The summed E-state index contributed by atoms with van der Waals surface area (Å²) < 4.78 is 0. The number of allylic oxidation sites excluding steroid dienone is 1. The zero-order chi connectivity index (χ0) is 10.3. The van der Waals surface area contributed by atoms with E-state index in [4.69, 9.17) is 0 Å². The molecule has 0 saturated carbocycles. The Morgan fingerprint density at radius 1 is 1.33 bits per heavy atom. The highest BCUT2D eigenvalue weighted by molar-refractivity contribution is 5.65. The Hall–Kier alpha value is -1.08. The van der Waals surface area contributed by atoms with Crippen molar-refractivity contribution in [1.82, 2.24) is 5.32 Å². The fourth-order valence-electron chi connectivity index (χ4n) is 3.08. The molecule has 1 aromatic rings. The van der Waals surface area contributed by atoms with Crippen LogP contribution in [0, 0.1) is 5.92 Å². The van der Waals surface area contributed by atoms with Gasteiger partial charge in [0.15, 0.2) is 0 Å². The first-order valence-corrected chi connectivity index (χ1v) is 5.82. The molecule has 3 rings (SSSR count). The standard InChI is InChI=1S/C14H17N/c1-11-10-15-9-8-14(11)7-6-12-4-2-3-5-13(12)14/h2-7,11,15H,8-10H2,1H3/t11-,14-/m0/s1. The summed E-state index contributed by atoms with van der Waals surface area (Å²) in [5, 5.41) is 3.48. The first-order valence-electron chi connectivity index (χ1n) is 5.82. The van der Waals surface area contributed by atoms with Gasteiger partial charge in [-0.1, -0.05) is 43.3 Å². The van der Waals surface area contributed by atoms with Gasteiger partial charge in [-0.05, 0) is 36.6 Å². The minimum absolute atomic E-state index is 0.321. The van der Waals surface area contributed by atoms with Crippen molar-refractivity contribution < 1.29 is 0 Å². The van der Waals surface area contributed by atoms with Crippen LogP contribution in [0.15, 0.2) is 30.3 Å². The zero-order valence-corrected chi connectivity index (χ0v) is 9.16. The molecule has 0 amide bonds. The number of nitrogens with one attached hydrogen (secondary N) is 1. The lowest BCUT2D eigenvalue weighted by Gasteiger charge is -2.40. The minimum atomic E-state index is 0.321. The van der Waals surface area contributed by atoms with Crippen LogP contribution in [0.25, 0.3) is 6.08 Å². The molecule has 1 N–H and O–H groups in total. The normalized spacial score (nSPS) is 33.3. The van der Waals surface area contributed by atoms with Gasteiger partial charge in [-0.25, -0.2) is 0 Å². The number of fused-ring (bicyclic) bond motifs is 2. The van der Waals surface area contributed by atoms with E-state index in [-0.39, 0.29) is 0 Å². The lowest BCUT2D eigenvalue weighted by atomic mass is 9.68. The lowest BCUT2D eigenvalue weighted by Crippen LogP contribution is -2.44. The summed E-state index contributed by atoms with van der Waals surface area (Å²) in [6.45, 7) is 4.64. The van der Waals surface area contributed by atoms with Crippen LogP contribution < -0.4 is 5.32 Å². The zero-order valence-electron chi connectivity index (χ0n) is 9.16. The van der Waals surface area contributed by atoms with Crippen molar-refractivity contribution in [2.45, 2.75) is 18.8 Å². The molecule has 0 radical (unpaired) electrons. The van der Waals surface area contributed by atoms with Crippen LogP contribution >= 0.6 is 0 Å². The highest BCUT2D eigenvalue weighted by atomic mass is 14.9. The molecule has 15 heavy (non-hydrogen) atoms. The van der Waals surface area contributed by atoms with E-state index >= 15 is 0 Å². The fraction of sp³-hybridized carbons (Fsp3) is 0.429. The van der Waals surface area contributed by atoms with Gasteiger partial charge in [-0.3, -0.25) is 0 Å². The molecule has 1 saturated heterocycles. The van der Waals surface area contributed by atoms with E-state index < -0.39 is 0 Å². The molecule has 2 aliphatic rings. The van der Waals surface area contributed by atoms with Gasteiger partial charge in [-0.15, -0.1) is 0 Å². The second-order valence-electron chi connectivity index (χ2n) is 4.82. The van der Waals surface area contributed by atoms with E-state index in [1.807, 2.05) is 0 Å². The Morgan fingerprint density at radius 3 is 3.07 bits per heavy atom. The third kappa shape index (κ3) is 1.19. The van der Waals surface area contributed by atoms with Crippen LogP contribution in [0.2, 0.25) is 0 Å². The molecule has 2 atom stereocenters. The van der Waals surface area contributed by atoms with E-state index in [2.05, 4.69) is 48.7 Å². The smallest absolute Gasteiger partial charge is 0.0191 e. The van der Waals surface area contributed by atoms with Crippen LogP contribution in [0.3, 0.4) is 0 Å². The van der Waals surface area contributed by atoms with E-state index in [9.17, 15) is 0 Å². The molecule has 1 heteroatoms. The van der Waals surface area contributed by atoms with Crippen molar-refractivity contribution in [1.29, 1.82) is 0 Å². The van der Waals surface area contributed by atoms with Gasteiger partial charge in [0.05, 0.1) is 0 Å². The third-order valence-electron chi connectivity index (χ3n) is 4.07. The molecular formula is C14H17N. The molecule has 1 spiro atoms. The Bertz CT molecular complexity index is 408. The van der Waals surface area contributed by atoms with Crippen molar-refractivity contribution >= 4 is 6.08 Å². The monoisotopic (exact) mass is 199 g/mol. The van der Waals surface area contributed by atoms with Gasteiger partial charge in [0.1, 0.15) is 0 Å². The van der Waals surface area contributed by atoms with Crippen LogP contribution in [-0.4, -0.2) is 13.1 Å². The summed E-state index contributed by atoms with van der Waals surface area (Å²) in [5.41, 5.74) is 3.28. The summed E-state index contributed by atoms with van der Waals surface area (Å²) in [5.74, 6) is 0.700. The topological polar surface area (TPSA) is 12.0 Å². The largest absolute Gasteiger partial charge is 0.316 e. The summed E-state index contributed by atoms with van der Waals surface area (Å²) in [6.07, 6.45) is 5.97. The average molecular weight is 199 g/mol. The molecular weight excluding hydrogens is 182 g/mol. The Kier molecular flexibility index (Phi) is 1.96. The number of hydrogen-bond donors (Lipinski definition) is 1. The maximum absolute atomic E-state index is 3.48. The van der Waals surface area contributed by atoms with Crippen LogP contribution in [0.1, 0.15) is 24.5 Å². The van der Waals surface area contributed by atoms with E-state index in [0.717, 1.165) is 13.1 Å². The minimum Gasteiger partial charge on any atom is -0.316 e. The van der Waals surface area contributed by atoms with Crippen LogP contribution in [0.4, 0.5) is 0 Å². The van der Waals surface area contributed by atoms with Crippen LogP contribution in [0.5, 0.6) is 0 Å². The van der Waals surface area contributed by atoms with Gasteiger partial charge in [0, 0.05) is 5.41 Å². The van der Waals surface area contributed by atoms with Crippen molar-refractivity contribution in [3.8, 4) is 0 Å². The van der Waals surface area contributed by atoms with Crippen molar-refractivity contribution in [3.63, 3.8) is 0 Å². The highest BCUT2D eigenvalue weighted by Gasteiger charge is 2.40. The van der Waals surface area contributed by atoms with E-state index in [1.165, 1.54) is 12.0 Å². The van der Waals surface area contributed by atoms with Crippen LogP contribution in [-0.2, 0) is 5.41 Å². The number of rotatable bonds is 0. The van der Waals surface area contributed by atoms with Gasteiger partial charge in [0.25, 0.3) is 0 Å². The van der Waals surface area contributed by atoms with E-state index in [1.54, 1.807) is 5.56 Å². The molecule has 1 fully saturated rings. The van der Waals surface area contributed by atoms with Gasteiger partial charge in [-0.2, -0.15) is 0 Å². The van der Waals surface area contributed by atoms with Crippen molar-refractivity contribution in [3.05, 3.63) is 41.5 Å². The second-order valence-corrected chi connectivity index (χ2v) is 4.82. The SMILES string of the molecule is C[C@H]1CNCC[C@@]12C=Cc1ccccc12. The average Bonchev–Trinajstić information content (AvgIpc) is 2.64. The molecule has 0 aromatic heterocycles. The van der Waals surface area contributed by atoms with Crippen molar-refractivity contribution in [2.75, 3.05) is 13.1 Å². The van der Waals surface area contributed by atoms with Crippen molar-refractivity contribution in [2.24, 2.45) is 5.92 Å². The molecule has 1 nitrogen and oxygen atoms in total. The number of benzene rings is 1. The molecule has 1 aliphatic carbocycles. The first-order chi connectivity index (χ1) is 7.33. The summed E-state index contributed by atoms with van der Waals surface area (Å²) in [4.78, 5) is 0. The molecule has 1 heterocycles. The lowest BCUT2D eigenvalue weighted by molar-refractivity contribution is 0.274. The summed E-state index contributed by atoms with van der Waals surface area (Å²) in [7, 11) is 0. The molecule has 0 bridgehead atoms. The number of piperidine rings is 1. The predicted molar refractivity (Wildman–Crippen MR) is 63.8 cm³/mol. The second kappa shape index (κ2) is 3.21. The summed E-state index contributed by atoms with van der Waals surface area (Å²) in [6, 6.07) is 8.84. The Morgan fingerprint density at radius 2 is 2.20 bits per heavy atom. The molecule has 78 valence electrons. The first kappa shape index (κ1) is 9.17. The maximum Gasteiger partial charge on any atom is 0.0191 e. The Balaban J connectivity index is 2.11. The van der Waals surface area contributed by atoms with Gasteiger partial charge in [0.2, 0.25) is 0 Å². The maximum atomic E-state index is 3.48. The predicted octanol–water partition coefficient (Wildman–Crippen LogP) is 2.58. The Labute approximate surface area is 91.2 Å². The third-order valence-corrected chi connectivity index (χ3v) is 4.07. The fourth-order valence-corrected chi connectivity index (χ4v) is 3.08. The number of hydrogen-bond acceptors (Lipinski definition) is 1. The highest BCUT2D eigenvalue weighted by Crippen LogP contribution is 2.45.